The van der Waals surface area contributed by atoms with Gasteiger partial charge in [0.15, 0.2) is 0 Å². The maximum atomic E-state index is 13.7. The fraction of sp³-hybridized carbons (Fsp3) is 0.133. The second-order valence-electron chi connectivity index (χ2n) is 4.45. The van der Waals surface area contributed by atoms with Crippen LogP contribution in [0.15, 0.2) is 42.5 Å². The van der Waals surface area contributed by atoms with Gasteiger partial charge in [-0.15, -0.1) is 0 Å². The number of nitrogens with two attached hydrogens (primary N) is 1. The van der Waals surface area contributed by atoms with Crippen molar-refractivity contribution in [2.75, 3.05) is 0 Å². The van der Waals surface area contributed by atoms with E-state index >= 15 is 0 Å². The summed E-state index contributed by atoms with van der Waals surface area (Å²) in [6.07, 6.45) is -0.213. The molecule has 0 amide bonds. The summed E-state index contributed by atoms with van der Waals surface area (Å²) >= 11 is 0. The molecule has 0 fully saturated rings. The molecule has 0 aliphatic heterocycles. The molecule has 0 aliphatic carbocycles. The molecule has 0 spiro atoms. The molecule has 0 radical (unpaired) electrons. The van der Waals surface area contributed by atoms with Crippen LogP contribution in [-0.2, 0) is 4.79 Å². The second-order valence-corrected chi connectivity index (χ2v) is 4.45. The molecule has 5 heteroatoms. The summed E-state index contributed by atoms with van der Waals surface area (Å²) in [6, 6.07) is 9.26. The van der Waals surface area contributed by atoms with Crippen LogP contribution < -0.4 is 5.73 Å². The number of halogens is 2. The highest BCUT2D eigenvalue weighted by molar-refractivity contribution is 5.69. The Bertz CT molecular complexity index is 644. The Morgan fingerprint density at radius 1 is 1.20 bits per heavy atom. The van der Waals surface area contributed by atoms with Crippen molar-refractivity contribution in [3.05, 3.63) is 59.7 Å². The van der Waals surface area contributed by atoms with E-state index < -0.39 is 23.6 Å². The van der Waals surface area contributed by atoms with Gasteiger partial charge in [-0.25, -0.2) is 8.78 Å². The summed E-state index contributed by atoms with van der Waals surface area (Å²) in [5.41, 5.74) is 7.14. The third kappa shape index (κ3) is 3.19. The van der Waals surface area contributed by atoms with Crippen LogP contribution in [0.5, 0.6) is 0 Å². The minimum absolute atomic E-state index is 0.213. The van der Waals surface area contributed by atoms with E-state index in [4.69, 9.17) is 10.8 Å². The van der Waals surface area contributed by atoms with E-state index in [9.17, 15) is 13.6 Å². The van der Waals surface area contributed by atoms with E-state index in [1.165, 1.54) is 12.1 Å². The van der Waals surface area contributed by atoms with Crippen molar-refractivity contribution in [3.63, 3.8) is 0 Å². The number of carboxylic acids is 1. The van der Waals surface area contributed by atoms with Crippen LogP contribution in [0.3, 0.4) is 0 Å². The number of rotatable bonds is 4. The van der Waals surface area contributed by atoms with E-state index in [1.807, 2.05) is 0 Å². The van der Waals surface area contributed by atoms with Crippen molar-refractivity contribution in [2.45, 2.75) is 12.5 Å². The average molecular weight is 277 g/mol. The predicted molar refractivity (Wildman–Crippen MR) is 71.0 cm³/mol. The molecule has 2 aromatic rings. The third-order valence-electron chi connectivity index (χ3n) is 2.95. The van der Waals surface area contributed by atoms with Crippen molar-refractivity contribution < 1.29 is 18.7 Å². The Labute approximate surface area is 114 Å². The van der Waals surface area contributed by atoms with Crippen LogP contribution in [0, 0.1) is 11.6 Å². The number of carboxylic acid groups (broad SMARTS) is 1. The largest absolute Gasteiger partial charge is 0.481 e. The topological polar surface area (TPSA) is 63.3 Å². The maximum Gasteiger partial charge on any atom is 0.305 e. The first-order chi connectivity index (χ1) is 9.47. The molecule has 3 N–H and O–H groups in total. The molecule has 2 rings (SSSR count). The molecule has 0 aromatic heterocycles. The monoisotopic (exact) mass is 277 g/mol. The van der Waals surface area contributed by atoms with Gasteiger partial charge >= 0.3 is 5.97 Å². The van der Waals surface area contributed by atoms with Crippen molar-refractivity contribution in [1.29, 1.82) is 0 Å². The predicted octanol–water partition coefficient (Wildman–Crippen LogP) is 3.11. The number of hydrogen-bond acceptors (Lipinski definition) is 2. The molecule has 2 aromatic carbocycles. The van der Waals surface area contributed by atoms with Gasteiger partial charge in [-0.2, -0.15) is 0 Å². The highest BCUT2D eigenvalue weighted by Crippen LogP contribution is 2.26. The summed E-state index contributed by atoms with van der Waals surface area (Å²) in [5, 5.41) is 8.72. The van der Waals surface area contributed by atoms with Crippen LogP contribution in [0.1, 0.15) is 18.0 Å². The normalized spacial score (nSPS) is 12.2. The molecule has 3 nitrogen and oxygen atoms in total. The number of hydrogen-bond donors (Lipinski definition) is 2. The summed E-state index contributed by atoms with van der Waals surface area (Å²) < 4.78 is 26.6. The summed E-state index contributed by atoms with van der Waals surface area (Å²) in [4.78, 5) is 10.6. The molecule has 0 saturated heterocycles. The van der Waals surface area contributed by atoms with Gasteiger partial charge in [0.05, 0.1) is 6.42 Å². The van der Waals surface area contributed by atoms with Crippen LogP contribution in [0.4, 0.5) is 8.78 Å². The van der Waals surface area contributed by atoms with E-state index in [0.29, 0.717) is 11.1 Å². The zero-order valence-electron chi connectivity index (χ0n) is 10.5. The Balaban J connectivity index is 2.36. The molecular weight excluding hydrogens is 264 g/mol. The fourth-order valence-corrected chi connectivity index (χ4v) is 1.97. The summed E-state index contributed by atoms with van der Waals surface area (Å²) in [6.45, 7) is 0. The van der Waals surface area contributed by atoms with Gasteiger partial charge in [0.2, 0.25) is 0 Å². The fourth-order valence-electron chi connectivity index (χ4n) is 1.97. The third-order valence-corrected chi connectivity index (χ3v) is 2.95. The molecule has 0 heterocycles. The molecule has 20 heavy (non-hydrogen) atoms. The van der Waals surface area contributed by atoms with Gasteiger partial charge in [-0.1, -0.05) is 18.2 Å². The van der Waals surface area contributed by atoms with Gasteiger partial charge < -0.3 is 10.8 Å². The van der Waals surface area contributed by atoms with Crippen LogP contribution >= 0.6 is 0 Å². The summed E-state index contributed by atoms with van der Waals surface area (Å²) in [7, 11) is 0. The van der Waals surface area contributed by atoms with E-state index in [1.54, 1.807) is 24.3 Å². The number of aliphatic carboxylic acids is 1. The highest BCUT2D eigenvalue weighted by Gasteiger charge is 2.12. The second kappa shape index (κ2) is 5.79. The van der Waals surface area contributed by atoms with Gasteiger partial charge in [0, 0.05) is 17.7 Å². The molecule has 104 valence electrons. The lowest BCUT2D eigenvalue weighted by atomic mass is 9.98. The SMILES string of the molecule is NC(CC(=O)O)c1cccc(-c2ccc(F)cc2F)c1. The first-order valence-electron chi connectivity index (χ1n) is 6.00. The van der Waals surface area contributed by atoms with Gasteiger partial charge in [0.1, 0.15) is 11.6 Å². The summed E-state index contributed by atoms with van der Waals surface area (Å²) in [5.74, 6) is -2.32. The van der Waals surface area contributed by atoms with E-state index in [2.05, 4.69) is 0 Å². The molecular formula is C15H13F2NO2. The van der Waals surface area contributed by atoms with Crippen LogP contribution in [0.2, 0.25) is 0 Å². The average Bonchev–Trinajstić information content (AvgIpc) is 2.38. The van der Waals surface area contributed by atoms with Crippen LogP contribution in [-0.4, -0.2) is 11.1 Å². The maximum absolute atomic E-state index is 13.7. The minimum atomic E-state index is -1.00. The first-order valence-corrected chi connectivity index (χ1v) is 6.00. The van der Waals surface area contributed by atoms with Gasteiger partial charge in [0.25, 0.3) is 0 Å². The van der Waals surface area contributed by atoms with Crippen molar-refractivity contribution in [2.24, 2.45) is 5.73 Å². The molecule has 0 bridgehead atoms. The quantitative estimate of drug-likeness (QED) is 0.902. The van der Waals surface area contributed by atoms with Crippen molar-refractivity contribution in [3.8, 4) is 11.1 Å². The minimum Gasteiger partial charge on any atom is -0.481 e. The standard InChI is InChI=1S/C15H13F2NO2/c16-11-4-5-12(13(17)7-11)9-2-1-3-10(6-9)14(18)8-15(19)20/h1-7,14H,8,18H2,(H,19,20). The smallest absolute Gasteiger partial charge is 0.305 e. The number of carbonyl (C=O) groups is 1. The Morgan fingerprint density at radius 2 is 1.95 bits per heavy atom. The Hall–Kier alpha value is -2.27. The first kappa shape index (κ1) is 14.1. The number of benzene rings is 2. The lowest BCUT2D eigenvalue weighted by Gasteiger charge is -2.11. The Kier molecular flexibility index (Phi) is 4.10. The lowest BCUT2D eigenvalue weighted by Crippen LogP contribution is -2.14. The van der Waals surface area contributed by atoms with Gasteiger partial charge in [-0.05, 0) is 29.3 Å². The van der Waals surface area contributed by atoms with Crippen LogP contribution in [0.25, 0.3) is 11.1 Å². The zero-order chi connectivity index (χ0) is 14.7. The van der Waals surface area contributed by atoms with Crippen molar-refractivity contribution >= 4 is 5.97 Å². The zero-order valence-corrected chi connectivity index (χ0v) is 10.5. The van der Waals surface area contributed by atoms with Gasteiger partial charge in [-0.3, -0.25) is 4.79 Å². The highest BCUT2D eigenvalue weighted by atomic mass is 19.1. The van der Waals surface area contributed by atoms with Crippen molar-refractivity contribution in [1.82, 2.24) is 0 Å². The molecule has 1 atom stereocenters. The van der Waals surface area contributed by atoms with E-state index in [0.717, 1.165) is 6.07 Å². The van der Waals surface area contributed by atoms with E-state index in [-0.39, 0.29) is 12.0 Å². The molecule has 0 aliphatic rings. The Morgan fingerprint density at radius 3 is 2.60 bits per heavy atom. The lowest BCUT2D eigenvalue weighted by molar-refractivity contribution is -0.137. The molecule has 0 saturated carbocycles. The molecule has 1 unspecified atom stereocenters.